The normalized spacial score (nSPS) is 15.5. The number of carbonyl (C=O) groups excluding carboxylic acids is 2. The molecule has 0 aliphatic heterocycles. The van der Waals surface area contributed by atoms with Gasteiger partial charge < -0.3 is 10.2 Å². The van der Waals surface area contributed by atoms with Crippen LogP contribution < -0.4 is 5.32 Å². The molecule has 1 fully saturated rings. The third kappa shape index (κ3) is 5.96. The SMILES string of the molecule is CC(C)Cc1ccc(C(C)C(=O)Nc2ccccc2C(=O)N(C)C2CCCCC2)cc1. The summed E-state index contributed by atoms with van der Waals surface area (Å²) in [7, 11) is 1.89. The van der Waals surface area contributed by atoms with E-state index in [1.165, 1.54) is 24.8 Å². The van der Waals surface area contributed by atoms with Gasteiger partial charge in [-0.3, -0.25) is 9.59 Å². The van der Waals surface area contributed by atoms with Gasteiger partial charge >= 0.3 is 0 Å². The Kier molecular flexibility index (Phi) is 7.89. The van der Waals surface area contributed by atoms with E-state index in [0.29, 0.717) is 17.2 Å². The molecule has 0 aromatic heterocycles. The Hall–Kier alpha value is -2.62. The van der Waals surface area contributed by atoms with Gasteiger partial charge in [-0.1, -0.05) is 69.5 Å². The Bertz CT molecular complexity index is 882. The highest BCUT2D eigenvalue weighted by molar-refractivity contribution is 6.05. The van der Waals surface area contributed by atoms with Crippen LogP contribution in [0.15, 0.2) is 48.5 Å². The van der Waals surface area contributed by atoms with E-state index in [4.69, 9.17) is 0 Å². The predicted molar refractivity (Wildman–Crippen MR) is 127 cm³/mol. The first-order valence-corrected chi connectivity index (χ1v) is 11.6. The number of anilines is 1. The highest BCUT2D eigenvalue weighted by atomic mass is 16.2. The zero-order valence-electron chi connectivity index (χ0n) is 19.4. The average molecular weight is 421 g/mol. The maximum atomic E-state index is 13.2. The van der Waals surface area contributed by atoms with Gasteiger partial charge in [0.05, 0.1) is 17.2 Å². The number of rotatable bonds is 7. The van der Waals surface area contributed by atoms with Crippen molar-refractivity contribution in [3.05, 3.63) is 65.2 Å². The van der Waals surface area contributed by atoms with Crippen LogP contribution in [-0.4, -0.2) is 29.8 Å². The van der Waals surface area contributed by atoms with Gasteiger partial charge in [-0.25, -0.2) is 0 Å². The van der Waals surface area contributed by atoms with Crippen LogP contribution in [0.2, 0.25) is 0 Å². The summed E-state index contributed by atoms with van der Waals surface area (Å²) in [6, 6.07) is 15.9. The molecule has 1 saturated carbocycles. The third-order valence-corrected chi connectivity index (χ3v) is 6.38. The van der Waals surface area contributed by atoms with Crippen molar-refractivity contribution in [2.24, 2.45) is 5.92 Å². The summed E-state index contributed by atoms with van der Waals surface area (Å²) in [6.07, 6.45) is 6.75. The molecule has 0 bridgehead atoms. The predicted octanol–water partition coefficient (Wildman–Crippen LogP) is 6.03. The topological polar surface area (TPSA) is 49.4 Å². The number of nitrogens with one attached hydrogen (secondary N) is 1. The van der Waals surface area contributed by atoms with Crippen LogP contribution in [0.25, 0.3) is 0 Å². The molecule has 1 atom stereocenters. The minimum atomic E-state index is -0.299. The molecule has 4 heteroatoms. The van der Waals surface area contributed by atoms with Crippen molar-refractivity contribution in [3.63, 3.8) is 0 Å². The lowest BCUT2D eigenvalue weighted by Gasteiger charge is -2.31. The zero-order chi connectivity index (χ0) is 22.4. The Balaban J connectivity index is 1.70. The zero-order valence-corrected chi connectivity index (χ0v) is 19.4. The summed E-state index contributed by atoms with van der Waals surface area (Å²) >= 11 is 0. The van der Waals surface area contributed by atoms with Crippen molar-refractivity contribution in [1.82, 2.24) is 4.90 Å². The molecule has 0 spiro atoms. The van der Waals surface area contributed by atoms with Gasteiger partial charge in [0.2, 0.25) is 5.91 Å². The van der Waals surface area contributed by atoms with Crippen molar-refractivity contribution < 1.29 is 9.59 Å². The molecular formula is C27H36N2O2. The molecule has 0 radical (unpaired) electrons. The maximum Gasteiger partial charge on any atom is 0.255 e. The van der Waals surface area contributed by atoms with E-state index in [1.54, 1.807) is 0 Å². The number of amides is 2. The summed E-state index contributed by atoms with van der Waals surface area (Å²) in [6.45, 7) is 6.31. The number of hydrogen-bond donors (Lipinski definition) is 1. The molecule has 1 N–H and O–H groups in total. The minimum absolute atomic E-state index is 0.0199. The lowest BCUT2D eigenvalue weighted by Crippen LogP contribution is -2.38. The first-order valence-electron chi connectivity index (χ1n) is 11.6. The van der Waals surface area contributed by atoms with Gasteiger partial charge in [-0.05, 0) is 55.4 Å². The van der Waals surface area contributed by atoms with E-state index in [0.717, 1.165) is 24.8 Å². The number of hydrogen-bond acceptors (Lipinski definition) is 2. The Morgan fingerprint density at radius 1 is 0.968 bits per heavy atom. The van der Waals surface area contributed by atoms with Crippen molar-refractivity contribution in [3.8, 4) is 0 Å². The number of carbonyl (C=O) groups is 2. The summed E-state index contributed by atoms with van der Waals surface area (Å²) in [5, 5.41) is 3.01. The minimum Gasteiger partial charge on any atom is -0.339 e. The standard InChI is InChI=1S/C27H36N2O2/c1-19(2)18-21-14-16-22(17-15-21)20(3)26(30)28-25-13-9-8-12-24(25)27(31)29(4)23-10-6-5-7-11-23/h8-9,12-17,19-20,23H,5-7,10-11,18H2,1-4H3,(H,28,30). The molecule has 4 nitrogen and oxygen atoms in total. The highest BCUT2D eigenvalue weighted by Crippen LogP contribution is 2.26. The Labute approximate surface area is 187 Å². The van der Waals surface area contributed by atoms with Gasteiger partial charge in [0.25, 0.3) is 5.91 Å². The first-order chi connectivity index (χ1) is 14.9. The molecule has 1 aliphatic carbocycles. The van der Waals surface area contributed by atoms with Crippen molar-refractivity contribution in [2.45, 2.75) is 71.3 Å². The van der Waals surface area contributed by atoms with Gasteiger partial charge in [-0.2, -0.15) is 0 Å². The molecular weight excluding hydrogens is 384 g/mol. The molecule has 3 rings (SSSR count). The van der Waals surface area contributed by atoms with E-state index in [9.17, 15) is 9.59 Å². The van der Waals surface area contributed by atoms with E-state index in [-0.39, 0.29) is 23.8 Å². The fourth-order valence-corrected chi connectivity index (χ4v) is 4.41. The third-order valence-electron chi connectivity index (χ3n) is 6.38. The molecule has 166 valence electrons. The fraction of sp³-hybridized carbons (Fsp3) is 0.481. The molecule has 31 heavy (non-hydrogen) atoms. The molecule has 1 aliphatic rings. The van der Waals surface area contributed by atoms with Crippen LogP contribution in [-0.2, 0) is 11.2 Å². The average Bonchev–Trinajstić information content (AvgIpc) is 2.78. The van der Waals surface area contributed by atoms with E-state index < -0.39 is 0 Å². The monoisotopic (exact) mass is 420 g/mol. The summed E-state index contributed by atoms with van der Waals surface area (Å²) in [4.78, 5) is 28.0. The van der Waals surface area contributed by atoms with Crippen LogP contribution in [0, 0.1) is 5.92 Å². The van der Waals surface area contributed by atoms with E-state index >= 15 is 0 Å². The molecule has 0 saturated heterocycles. The Morgan fingerprint density at radius 2 is 1.61 bits per heavy atom. The molecule has 2 aromatic rings. The van der Waals surface area contributed by atoms with E-state index in [2.05, 4.69) is 31.3 Å². The summed E-state index contributed by atoms with van der Waals surface area (Å²) < 4.78 is 0. The first kappa shape index (κ1) is 23.1. The maximum absolute atomic E-state index is 13.2. The van der Waals surface area contributed by atoms with Crippen LogP contribution in [0.4, 0.5) is 5.69 Å². The second-order valence-corrected chi connectivity index (χ2v) is 9.30. The second kappa shape index (κ2) is 10.6. The molecule has 2 aromatic carbocycles. The quantitative estimate of drug-likeness (QED) is 0.594. The molecule has 0 heterocycles. The number of para-hydroxylation sites is 1. The molecule has 2 amide bonds. The highest BCUT2D eigenvalue weighted by Gasteiger charge is 2.25. The van der Waals surface area contributed by atoms with Gasteiger partial charge in [0.15, 0.2) is 0 Å². The van der Waals surface area contributed by atoms with Gasteiger partial charge in [-0.15, -0.1) is 0 Å². The lowest BCUT2D eigenvalue weighted by atomic mass is 9.94. The van der Waals surface area contributed by atoms with Crippen LogP contribution in [0.3, 0.4) is 0 Å². The number of nitrogens with zero attached hydrogens (tertiary/aromatic N) is 1. The van der Waals surface area contributed by atoms with Crippen LogP contribution in [0.1, 0.15) is 80.3 Å². The van der Waals surface area contributed by atoms with Crippen molar-refractivity contribution >= 4 is 17.5 Å². The lowest BCUT2D eigenvalue weighted by molar-refractivity contribution is -0.117. The summed E-state index contributed by atoms with van der Waals surface area (Å²) in [5.74, 6) is 0.186. The summed E-state index contributed by atoms with van der Waals surface area (Å²) in [5.41, 5.74) is 3.41. The fourth-order valence-electron chi connectivity index (χ4n) is 4.41. The largest absolute Gasteiger partial charge is 0.339 e. The number of benzene rings is 2. The van der Waals surface area contributed by atoms with Crippen molar-refractivity contribution in [2.75, 3.05) is 12.4 Å². The smallest absolute Gasteiger partial charge is 0.255 e. The van der Waals surface area contributed by atoms with Gasteiger partial charge in [0.1, 0.15) is 0 Å². The Morgan fingerprint density at radius 3 is 2.26 bits per heavy atom. The second-order valence-electron chi connectivity index (χ2n) is 9.30. The van der Waals surface area contributed by atoms with Gasteiger partial charge in [0, 0.05) is 13.1 Å². The van der Waals surface area contributed by atoms with E-state index in [1.807, 2.05) is 55.3 Å². The van der Waals surface area contributed by atoms with Crippen LogP contribution >= 0.6 is 0 Å². The molecule has 1 unspecified atom stereocenters. The van der Waals surface area contributed by atoms with Crippen molar-refractivity contribution in [1.29, 1.82) is 0 Å². The van der Waals surface area contributed by atoms with Crippen LogP contribution in [0.5, 0.6) is 0 Å².